The van der Waals surface area contributed by atoms with E-state index in [1.807, 2.05) is 75.3 Å². The second-order valence-electron chi connectivity index (χ2n) is 11.4. The zero-order valence-corrected chi connectivity index (χ0v) is 25.2. The number of anilines is 1. The first-order chi connectivity index (χ1) is 20.5. The molecule has 11 nitrogen and oxygen atoms in total. The van der Waals surface area contributed by atoms with E-state index in [1.54, 1.807) is 18.2 Å². The molecule has 0 bridgehead atoms. The standard InChI is InChI=1S/C32H39N5O6/c1-20(2)17-25(34-29(39)23-11-13-24(14-12-23)35(4)5)31(41)36-16-15-26-28(36)27(38)18-37(26)30(40)21(3)33-32(42)43-19-22-9-7-6-8-10-22/h6-15,20-21,25,28H,16-19H2,1-5H3,(H,33,42)(H,34,39)/t21-,25+,28?/m1/s1. The van der Waals surface area contributed by atoms with Crippen LogP contribution in [0.15, 0.2) is 66.4 Å². The van der Waals surface area contributed by atoms with E-state index in [2.05, 4.69) is 10.6 Å². The average Bonchev–Trinajstić information content (AvgIpc) is 3.56. The van der Waals surface area contributed by atoms with Gasteiger partial charge in [-0.15, -0.1) is 0 Å². The van der Waals surface area contributed by atoms with Crippen molar-refractivity contribution < 1.29 is 28.7 Å². The molecule has 0 spiro atoms. The molecule has 1 saturated heterocycles. The van der Waals surface area contributed by atoms with Crippen molar-refractivity contribution in [2.24, 2.45) is 5.92 Å². The van der Waals surface area contributed by atoms with Crippen molar-refractivity contribution >= 4 is 35.3 Å². The van der Waals surface area contributed by atoms with Gasteiger partial charge in [0.2, 0.25) is 11.8 Å². The lowest BCUT2D eigenvalue weighted by Crippen LogP contribution is -2.52. The van der Waals surface area contributed by atoms with Gasteiger partial charge in [-0.1, -0.05) is 44.2 Å². The normalized spacial score (nSPS) is 17.2. The van der Waals surface area contributed by atoms with Crippen LogP contribution in [0.2, 0.25) is 0 Å². The number of benzene rings is 2. The molecule has 2 N–H and O–H groups in total. The highest BCUT2D eigenvalue weighted by molar-refractivity contribution is 6.03. The summed E-state index contributed by atoms with van der Waals surface area (Å²) in [6.07, 6.45) is 1.30. The van der Waals surface area contributed by atoms with Crippen molar-refractivity contribution in [2.75, 3.05) is 32.1 Å². The SMILES string of the molecule is CC(C)C[C@H](NC(=O)c1ccc(N(C)C)cc1)C(=O)N1CC=C2C1C(=O)CN2C(=O)[C@@H](C)NC(=O)OCc1ccccc1. The van der Waals surface area contributed by atoms with Crippen LogP contribution >= 0.6 is 0 Å². The van der Waals surface area contributed by atoms with E-state index in [4.69, 9.17) is 4.74 Å². The Morgan fingerprint density at radius 3 is 2.26 bits per heavy atom. The largest absolute Gasteiger partial charge is 0.445 e. The molecular weight excluding hydrogens is 550 g/mol. The van der Waals surface area contributed by atoms with Crippen molar-refractivity contribution in [3.05, 3.63) is 77.5 Å². The summed E-state index contributed by atoms with van der Waals surface area (Å²) < 4.78 is 5.21. The van der Waals surface area contributed by atoms with E-state index in [9.17, 15) is 24.0 Å². The van der Waals surface area contributed by atoms with Gasteiger partial charge in [0.15, 0.2) is 5.78 Å². The molecule has 2 aliphatic heterocycles. The summed E-state index contributed by atoms with van der Waals surface area (Å²) in [6, 6.07) is 13.5. The fourth-order valence-corrected chi connectivity index (χ4v) is 5.20. The molecule has 4 amide bonds. The molecule has 3 atom stereocenters. The van der Waals surface area contributed by atoms with E-state index in [1.165, 1.54) is 16.7 Å². The Morgan fingerprint density at radius 1 is 0.953 bits per heavy atom. The summed E-state index contributed by atoms with van der Waals surface area (Å²) >= 11 is 0. The van der Waals surface area contributed by atoms with Gasteiger partial charge < -0.3 is 30.1 Å². The van der Waals surface area contributed by atoms with Gasteiger partial charge in [-0.3, -0.25) is 19.2 Å². The molecule has 1 unspecified atom stereocenters. The van der Waals surface area contributed by atoms with Crippen molar-refractivity contribution in [2.45, 2.75) is 51.9 Å². The Labute approximate surface area is 251 Å². The molecule has 11 heteroatoms. The molecule has 2 aromatic carbocycles. The second-order valence-corrected chi connectivity index (χ2v) is 11.4. The number of fused-ring (bicyclic) bond motifs is 1. The zero-order valence-electron chi connectivity index (χ0n) is 25.2. The van der Waals surface area contributed by atoms with Crippen LogP contribution in [0.3, 0.4) is 0 Å². The fourth-order valence-electron chi connectivity index (χ4n) is 5.20. The zero-order chi connectivity index (χ0) is 31.3. The van der Waals surface area contributed by atoms with E-state index < -0.39 is 30.1 Å². The molecule has 0 aromatic heterocycles. The van der Waals surface area contributed by atoms with Crippen molar-refractivity contribution in [3.63, 3.8) is 0 Å². The lowest BCUT2D eigenvalue weighted by atomic mass is 10.0. The highest BCUT2D eigenvalue weighted by Crippen LogP contribution is 2.31. The number of hydrogen-bond acceptors (Lipinski definition) is 7. The monoisotopic (exact) mass is 589 g/mol. The van der Waals surface area contributed by atoms with E-state index >= 15 is 0 Å². The summed E-state index contributed by atoms with van der Waals surface area (Å²) in [5, 5.41) is 5.38. The van der Waals surface area contributed by atoms with E-state index in [0.29, 0.717) is 17.7 Å². The maximum atomic E-state index is 13.8. The number of amides is 4. The Kier molecular flexibility index (Phi) is 9.84. The van der Waals surface area contributed by atoms with Gasteiger partial charge in [-0.2, -0.15) is 0 Å². The minimum atomic E-state index is -0.965. The number of nitrogens with one attached hydrogen (secondary N) is 2. The quantitative estimate of drug-likeness (QED) is 0.436. The van der Waals surface area contributed by atoms with Gasteiger partial charge >= 0.3 is 6.09 Å². The van der Waals surface area contributed by atoms with E-state index in [-0.39, 0.29) is 43.2 Å². The molecule has 0 aliphatic carbocycles. The Bertz CT molecular complexity index is 1390. The maximum Gasteiger partial charge on any atom is 0.408 e. The van der Waals surface area contributed by atoms with Crippen molar-refractivity contribution in [3.8, 4) is 0 Å². The predicted molar refractivity (Wildman–Crippen MR) is 161 cm³/mol. The highest BCUT2D eigenvalue weighted by atomic mass is 16.5. The Balaban J connectivity index is 1.39. The fraction of sp³-hybridized carbons (Fsp3) is 0.406. The lowest BCUT2D eigenvalue weighted by Gasteiger charge is -2.29. The lowest BCUT2D eigenvalue weighted by molar-refractivity contribution is -0.137. The number of hydrogen-bond donors (Lipinski definition) is 2. The van der Waals surface area contributed by atoms with Crippen molar-refractivity contribution in [1.82, 2.24) is 20.4 Å². The smallest absolute Gasteiger partial charge is 0.408 e. The summed E-state index contributed by atoms with van der Waals surface area (Å²) in [5.74, 6) is -1.47. The van der Waals surface area contributed by atoms with Crippen LogP contribution < -0.4 is 15.5 Å². The van der Waals surface area contributed by atoms with Gasteiger partial charge in [0, 0.05) is 37.6 Å². The van der Waals surface area contributed by atoms with Gasteiger partial charge in [-0.25, -0.2) is 4.79 Å². The van der Waals surface area contributed by atoms with Crippen LogP contribution in [-0.4, -0.2) is 84.7 Å². The van der Waals surface area contributed by atoms with Crippen LogP contribution in [0, 0.1) is 5.92 Å². The molecule has 2 aromatic rings. The molecule has 228 valence electrons. The first-order valence-electron chi connectivity index (χ1n) is 14.4. The third kappa shape index (κ3) is 7.40. The van der Waals surface area contributed by atoms with Crippen LogP contribution in [-0.2, 0) is 25.7 Å². The topological polar surface area (TPSA) is 128 Å². The van der Waals surface area contributed by atoms with Crippen LogP contribution in [0.4, 0.5) is 10.5 Å². The Hall–Kier alpha value is -4.67. The van der Waals surface area contributed by atoms with Crippen LogP contribution in [0.25, 0.3) is 0 Å². The first-order valence-corrected chi connectivity index (χ1v) is 14.4. The third-order valence-corrected chi connectivity index (χ3v) is 7.44. The molecule has 0 radical (unpaired) electrons. The van der Waals surface area contributed by atoms with E-state index in [0.717, 1.165) is 11.3 Å². The number of carbonyl (C=O) groups excluding carboxylic acids is 5. The molecule has 1 fully saturated rings. The molecule has 43 heavy (non-hydrogen) atoms. The number of carbonyl (C=O) groups is 5. The maximum absolute atomic E-state index is 13.8. The highest BCUT2D eigenvalue weighted by Gasteiger charge is 2.48. The summed E-state index contributed by atoms with van der Waals surface area (Å²) in [6.45, 7) is 5.37. The predicted octanol–water partition coefficient (Wildman–Crippen LogP) is 2.72. The van der Waals surface area contributed by atoms with Gasteiger partial charge in [0.25, 0.3) is 5.91 Å². The van der Waals surface area contributed by atoms with Gasteiger partial charge in [-0.05, 0) is 55.2 Å². The third-order valence-electron chi connectivity index (χ3n) is 7.44. The van der Waals surface area contributed by atoms with Crippen LogP contribution in [0.1, 0.15) is 43.1 Å². The van der Waals surface area contributed by atoms with Crippen molar-refractivity contribution in [1.29, 1.82) is 0 Å². The number of alkyl carbamates (subject to hydrolysis) is 1. The summed E-state index contributed by atoms with van der Waals surface area (Å²) in [5.41, 5.74) is 2.57. The van der Waals surface area contributed by atoms with Gasteiger partial charge in [0.05, 0.1) is 6.54 Å². The van der Waals surface area contributed by atoms with Gasteiger partial charge in [0.1, 0.15) is 24.7 Å². The summed E-state index contributed by atoms with van der Waals surface area (Å²) in [4.78, 5) is 70.2. The summed E-state index contributed by atoms with van der Waals surface area (Å²) in [7, 11) is 3.81. The average molecular weight is 590 g/mol. The number of ether oxygens (including phenoxy) is 1. The second kappa shape index (κ2) is 13.5. The first kappa shape index (κ1) is 31.3. The number of likely N-dealkylation sites (tertiary alicyclic amines) is 1. The minimum absolute atomic E-state index is 0.0511. The number of Topliss-reactive ketones (excluding diaryl/α,β-unsaturated/α-hetero) is 1. The molecular formula is C32H39N5O6. The van der Waals surface area contributed by atoms with Crippen LogP contribution in [0.5, 0.6) is 0 Å². The number of rotatable bonds is 10. The minimum Gasteiger partial charge on any atom is -0.445 e. The number of nitrogens with zero attached hydrogens (tertiary/aromatic N) is 3. The molecule has 4 rings (SSSR count). The molecule has 0 saturated carbocycles. The molecule has 2 aliphatic rings. The number of ketones is 1. The Morgan fingerprint density at radius 2 is 1.63 bits per heavy atom. The molecule has 2 heterocycles.